The minimum atomic E-state index is -3.57. The highest BCUT2D eigenvalue weighted by atomic mass is 35.5. The number of hydrogen-bond acceptors (Lipinski definition) is 4. The van der Waals surface area contributed by atoms with E-state index in [0.29, 0.717) is 11.3 Å². The Balaban J connectivity index is 2.83. The molecule has 6 nitrogen and oxygen atoms in total. The maximum atomic E-state index is 11.2. The number of nitrogens with one attached hydrogen (secondary N) is 1. The van der Waals surface area contributed by atoms with Crippen LogP contribution < -0.4 is 10.5 Å². The number of hydrogen-bond donors (Lipinski definition) is 3. The predicted octanol–water partition coefficient (Wildman–Crippen LogP) is 0.579. The second kappa shape index (κ2) is 6.03. The lowest BCUT2D eigenvalue weighted by molar-refractivity contribution is -0.138. The quantitative estimate of drug-likeness (QED) is 0.664. The highest BCUT2D eigenvalue weighted by Gasteiger charge is 2.13. The first kappa shape index (κ1) is 14.7. The molecule has 1 aromatic carbocycles. The van der Waals surface area contributed by atoms with Crippen molar-refractivity contribution in [2.45, 2.75) is 12.5 Å². The van der Waals surface area contributed by atoms with Gasteiger partial charge in [0.25, 0.3) is 0 Å². The van der Waals surface area contributed by atoms with Crippen LogP contribution in [0.5, 0.6) is 0 Å². The molecule has 0 bridgehead atoms. The van der Waals surface area contributed by atoms with Gasteiger partial charge in [-0.3, -0.25) is 9.52 Å². The summed E-state index contributed by atoms with van der Waals surface area (Å²) in [6.45, 7) is 0. The maximum Gasteiger partial charge on any atom is 0.320 e. The number of carboxylic acids is 1. The Morgan fingerprint density at radius 3 is 2.72 bits per heavy atom. The zero-order valence-corrected chi connectivity index (χ0v) is 10.9. The molecule has 8 heteroatoms. The van der Waals surface area contributed by atoms with Crippen LogP contribution in [-0.4, -0.2) is 30.7 Å². The van der Waals surface area contributed by atoms with Gasteiger partial charge in [0.1, 0.15) is 11.3 Å². The van der Waals surface area contributed by atoms with Gasteiger partial charge in [-0.05, 0) is 24.1 Å². The van der Waals surface area contributed by atoms with Crippen molar-refractivity contribution in [3.05, 3.63) is 29.8 Å². The number of rotatable bonds is 6. The van der Waals surface area contributed by atoms with E-state index >= 15 is 0 Å². The molecule has 0 aliphatic rings. The number of carbonyl (C=O) groups is 1. The summed E-state index contributed by atoms with van der Waals surface area (Å²) < 4.78 is 24.8. The zero-order chi connectivity index (χ0) is 13.8. The minimum absolute atomic E-state index is 0.117. The summed E-state index contributed by atoms with van der Waals surface area (Å²) in [4.78, 5) is 10.6. The lowest BCUT2D eigenvalue weighted by Crippen LogP contribution is -2.32. The van der Waals surface area contributed by atoms with Crippen molar-refractivity contribution in [3.8, 4) is 0 Å². The number of benzene rings is 1. The Kier molecular flexibility index (Phi) is 4.94. The molecule has 1 atom stereocenters. The molecule has 0 aromatic heterocycles. The van der Waals surface area contributed by atoms with Crippen LogP contribution in [-0.2, 0) is 21.2 Å². The number of aliphatic carboxylic acids is 1. The van der Waals surface area contributed by atoms with Crippen molar-refractivity contribution < 1.29 is 18.3 Å². The van der Waals surface area contributed by atoms with Crippen LogP contribution in [0.15, 0.2) is 24.3 Å². The van der Waals surface area contributed by atoms with Gasteiger partial charge in [0.05, 0.1) is 0 Å². The lowest BCUT2D eigenvalue weighted by Gasteiger charge is -2.09. The van der Waals surface area contributed by atoms with Crippen molar-refractivity contribution in [3.63, 3.8) is 0 Å². The third-order valence-electron chi connectivity index (χ3n) is 2.12. The molecule has 0 saturated heterocycles. The van der Waals surface area contributed by atoms with Crippen molar-refractivity contribution in [1.82, 2.24) is 0 Å². The summed E-state index contributed by atoms with van der Waals surface area (Å²) in [5.74, 6) is -1.11. The van der Waals surface area contributed by atoms with E-state index in [1.807, 2.05) is 0 Å². The van der Waals surface area contributed by atoms with Gasteiger partial charge in [-0.25, -0.2) is 8.42 Å². The Morgan fingerprint density at radius 1 is 1.50 bits per heavy atom. The van der Waals surface area contributed by atoms with E-state index in [2.05, 4.69) is 4.72 Å². The summed E-state index contributed by atoms with van der Waals surface area (Å²) in [6.07, 6.45) is 0.117. The van der Waals surface area contributed by atoms with Gasteiger partial charge < -0.3 is 10.8 Å². The lowest BCUT2D eigenvalue weighted by atomic mass is 10.1. The van der Waals surface area contributed by atoms with Crippen LogP contribution in [0.2, 0.25) is 0 Å². The summed E-state index contributed by atoms with van der Waals surface area (Å²) in [5, 5.41) is 8.13. The summed E-state index contributed by atoms with van der Waals surface area (Å²) >= 11 is 5.26. The molecule has 0 saturated carbocycles. The molecule has 1 rings (SSSR count). The number of anilines is 1. The first-order valence-corrected chi connectivity index (χ1v) is 7.16. The number of alkyl halides is 1. The van der Waals surface area contributed by atoms with E-state index in [1.165, 1.54) is 6.07 Å². The maximum absolute atomic E-state index is 11.2. The van der Waals surface area contributed by atoms with E-state index in [4.69, 9.17) is 22.4 Å². The highest BCUT2D eigenvalue weighted by molar-refractivity contribution is 7.93. The highest BCUT2D eigenvalue weighted by Crippen LogP contribution is 2.14. The molecule has 0 fully saturated rings. The third kappa shape index (κ3) is 4.52. The SMILES string of the molecule is N[C@@H](Cc1cccc(NS(=O)(=O)CCl)c1)C(=O)O. The van der Waals surface area contributed by atoms with Crippen LogP contribution in [0.25, 0.3) is 0 Å². The molecule has 0 spiro atoms. The van der Waals surface area contributed by atoms with Gasteiger partial charge in [-0.2, -0.15) is 0 Å². The second-order valence-electron chi connectivity index (χ2n) is 3.68. The Bertz CT molecular complexity index is 532. The Labute approximate surface area is 110 Å². The molecular formula is C10H13ClN2O4S. The fraction of sp³-hybridized carbons (Fsp3) is 0.300. The van der Waals surface area contributed by atoms with Gasteiger partial charge in [-0.15, -0.1) is 11.6 Å². The first-order chi connectivity index (χ1) is 8.34. The molecule has 0 radical (unpaired) electrons. The van der Waals surface area contributed by atoms with Crippen LogP contribution in [0.3, 0.4) is 0 Å². The molecule has 18 heavy (non-hydrogen) atoms. The average Bonchev–Trinajstić information content (AvgIpc) is 2.28. The van der Waals surface area contributed by atoms with E-state index in [9.17, 15) is 13.2 Å². The number of sulfonamides is 1. The molecule has 0 aliphatic carbocycles. The van der Waals surface area contributed by atoms with Crippen molar-refractivity contribution in [1.29, 1.82) is 0 Å². The monoisotopic (exact) mass is 292 g/mol. The van der Waals surface area contributed by atoms with E-state index in [1.54, 1.807) is 18.2 Å². The van der Waals surface area contributed by atoms with E-state index in [0.717, 1.165) is 0 Å². The van der Waals surface area contributed by atoms with Gasteiger partial charge in [0, 0.05) is 5.69 Å². The predicted molar refractivity (Wildman–Crippen MR) is 69.0 cm³/mol. The van der Waals surface area contributed by atoms with Crippen LogP contribution in [0.4, 0.5) is 5.69 Å². The summed E-state index contributed by atoms with van der Waals surface area (Å²) in [7, 11) is -3.57. The van der Waals surface area contributed by atoms with Crippen molar-refractivity contribution in [2.75, 3.05) is 9.93 Å². The standard InChI is InChI=1S/C10H13ClN2O4S/c11-6-18(16,17)13-8-3-1-2-7(4-8)5-9(12)10(14)15/h1-4,9,13H,5-6,12H2,(H,14,15)/t9-/m0/s1. The van der Waals surface area contributed by atoms with Gasteiger partial charge in [0.15, 0.2) is 0 Å². The molecule has 0 heterocycles. The molecule has 0 unspecified atom stereocenters. The number of carboxylic acid groups (broad SMARTS) is 1. The summed E-state index contributed by atoms with van der Waals surface area (Å²) in [5.41, 5.74) is 6.34. The molecule has 0 aliphatic heterocycles. The van der Waals surface area contributed by atoms with Crippen LogP contribution in [0, 0.1) is 0 Å². The number of halogens is 1. The normalized spacial score (nSPS) is 13.0. The topological polar surface area (TPSA) is 109 Å². The fourth-order valence-corrected chi connectivity index (χ4v) is 2.01. The minimum Gasteiger partial charge on any atom is -0.480 e. The zero-order valence-electron chi connectivity index (χ0n) is 9.34. The largest absolute Gasteiger partial charge is 0.480 e. The Hall–Kier alpha value is -1.31. The van der Waals surface area contributed by atoms with Crippen LogP contribution in [0.1, 0.15) is 5.56 Å². The second-order valence-corrected chi connectivity index (χ2v) is 5.98. The van der Waals surface area contributed by atoms with Gasteiger partial charge in [-0.1, -0.05) is 12.1 Å². The fourth-order valence-electron chi connectivity index (χ4n) is 1.31. The third-order valence-corrected chi connectivity index (χ3v) is 3.81. The Morgan fingerprint density at radius 2 is 2.17 bits per heavy atom. The average molecular weight is 293 g/mol. The molecule has 4 N–H and O–H groups in total. The molecule has 1 aromatic rings. The van der Waals surface area contributed by atoms with E-state index in [-0.39, 0.29) is 6.42 Å². The molecular weight excluding hydrogens is 280 g/mol. The van der Waals surface area contributed by atoms with Gasteiger partial charge in [0.2, 0.25) is 10.0 Å². The molecule has 100 valence electrons. The number of nitrogens with two attached hydrogens (primary N) is 1. The first-order valence-electron chi connectivity index (χ1n) is 4.98. The van der Waals surface area contributed by atoms with Crippen molar-refractivity contribution >= 4 is 33.3 Å². The van der Waals surface area contributed by atoms with E-state index < -0.39 is 27.2 Å². The van der Waals surface area contributed by atoms with Crippen molar-refractivity contribution in [2.24, 2.45) is 5.73 Å². The molecule has 0 amide bonds. The smallest absolute Gasteiger partial charge is 0.320 e. The van der Waals surface area contributed by atoms with Gasteiger partial charge >= 0.3 is 5.97 Å². The summed E-state index contributed by atoms with van der Waals surface area (Å²) in [6, 6.07) is 5.31. The van der Waals surface area contributed by atoms with Crippen LogP contribution >= 0.6 is 11.6 Å².